The molecule has 2 fully saturated rings. The van der Waals surface area contributed by atoms with Crippen LogP contribution in [0.1, 0.15) is 19.3 Å². The van der Waals surface area contributed by atoms with Gasteiger partial charge in [-0.1, -0.05) is 0 Å². The molecule has 1 N–H and O–H groups in total. The van der Waals surface area contributed by atoms with Gasteiger partial charge >= 0.3 is 6.09 Å². The summed E-state index contributed by atoms with van der Waals surface area (Å²) in [6, 6.07) is 3.56. The van der Waals surface area contributed by atoms with E-state index in [9.17, 15) is 9.18 Å². The van der Waals surface area contributed by atoms with E-state index in [0.29, 0.717) is 60.9 Å². The van der Waals surface area contributed by atoms with E-state index in [2.05, 4.69) is 9.88 Å². The van der Waals surface area contributed by atoms with Gasteiger partial charge in [-0.25, -0.2) is 9.18 Å². The maximum atomic E-state index is 14.8. The SMILES string of the molecule is COc1cc2c(N3CCN(C(=O)O)CC3)c(F)cnc2cc1OCCCN1CCCC1. The number of amides is 1. The van der Waals surface area contributed by atoms with Crippen LogP contribution < -0.4 is 14.4 Å². The molecule has 0 aliphatic carbocycles. The number of aromatic nitrogens is 1. The highest BCUT2D eigenvalue weighted by atomic mass is 19.1. The van der Waals surface area contributed by atoms with Crippen molar-refractivity contribution in [3.05, 3.63) is 24.1 Å². The van der Waals surface area contributed by atoms with Crippen LogP contribution in [-0.2, 0) is 0 Å². The summed E-state index contributed by atoms with van der Waals surface area (Å²) in [6.45, 7) is 5.41. The fraction of sp³-hybridized carbons (Fsp3) is 0.545. The zero-order chi connectivity index (χ0) is 21.8. The molecule has 0 saturated carbocycles. The molecule has 2 aromatic rings. The van der Waals surface area contributed by atoms with Gasteiger partial charge in [0.05, 0.1) is 31.1 Å². The molecule has 31 heavy (non-hydrogen) atoms. The number of carboxylic acid groups (broad SMARTS) is 1. The highest BCUT2D eigenvalue weighted by Crippen LogP contribution is 2.37. The molecule has 168 valence electrons. The van der Waals surface area contributed by atoms with Gasteiger partial charge in [0, 0.05) is 44.2 Å². The van der Waals surface area contributed by atoms with E-state index in [0.717, 1.165) is 26.1 Å². The fourth-order valence-electron chi connectivity index (χ4n) is 4.35. The average molecular weight is 432 g/mol. The van der Waals surface area contributed by atoms with Gasteiger partial charge in [-0.3, -0.25) is 4.98 Å². The van der Waals surface area contributed by atoms with Crippen molar-refractivity contribution in [1.29, 1.82) is 0 Å². The Bertz CT molecular complexity index is 927. The second-order valence-electron chi connectivity index (χ2n) is 7.98. The number of benzene rings is 1. The Balaban J connectivity index is 1.52. The Kier molecular flexibility index (Phi) is 6.60. The maximum Gasteiger partial charge on any atom is 0.407 e. The number of pyridine rings is 1. The van der Waals surface area contributed by atoms with Crippen LogP contribution >= 0.6 is 0 Å². The maximum absolute atomic E-state index is 14.8. The molecule has 0 atom stereocenters. The average Bonchev–Trinajstić information content (AvgIpc) is 3.30. The highest BCUT2D eigenvalue weighted by Gasteiger charge is 2.25. The van der Waals surface area contributed by atoms with Crippen molar-refractivity contribution in [3.8, 4) is 11.5 Å². The van der Waals surface area contributed by atoms with Gasteiger partial charge in [0.1, 0.15) is 0 Å². The number of hydrogen-bond donors (Lipinski definition) is 1. The van der Waals surface area contributed by atoms with E-state index in [4.69, 9.17) is 14.6 Å². The summed E-state index contributed by atoms with van der Waals surface area (Å²) in [5, 5.41) is 9.79. The lowest BCUT2D eigenvalue weighted by Gasteiger charge is -2.35. The molecular formula is C22H29FN4O4. The van der Waals surface area contributed by atoms with E-state index in [1.807, 2.05) is 4.90 Å². The number of halogens is 1. The zero-order valence-corrected chi connectivity index (χ0v) is 17.8. The normalized spacial score (nSPS) is 17.4. The van der Waals surface area contributed by atoms with Crippen molar-refractivity contribution >= 4 is 22.7 Å². The molecule has 3 heterocycles. The Labute approximate surface area is 181 Å². The predicted octanol–water partition coefficient (Wildman–Crippen LogP) is 3.05. The zero-order valence-electron chi connectivity index (χ0n) is 17.8. The number of anilines is 1. The lowest BCUT2D eigenvalue weighted by atomic mass is 10.1. The first-order chi connectivity index (χ1) is 15.1. The first-order valence-electron chi connectivity index (χ1n) is 10.8. The predicted molar refractivity (Wildman–Crippen MR) is 116 cm³/mol. The summed E-state index contributed by atoms with van der Waals surface area (Å²) >= 11 is 0. The Morgan fingerprint density at radius 2 is 1.87 bits per heavy atom. The van der Waals surface area contributed by atoms with Crippen LogP contribution in [0, 0.1) is 5.82 Å². The second-order valence-corrected chi connectivity index (χ2v) is 7.98. The van der Waals surface area contributed by atoms with Crippen molar-refractivity contribution in [1.82, 2.24) is 14.8 Å². The summed E-state index contributed by atoms with van der Waals surface area (Å²) in [6.07, 6.45) is 3.74. The van der Waals surface area contributed by atoms with E-state index in [1.165, 1.54) is 23.9 Å². The Hall–Kier alpha value is -2.81. The van der Waals surface area contributed by atoms with Gasteiger partial charge in [0.15, 0.2) is 17.3 Å². The topological polar surface area (TPSA) is 78.4 Å². The van der Waals surface area contributed by atoms with Crippen LogP contribution in [0.4, 0.5) is 14.9 Å². The van der Waals surface area contributed by atoms with Crippen molar-refractivity contribution in [3.63, 3.8) is 0 Å². The quantitative estimate of drug-likeness (QED) is 0.674. The molecule has 0 spiro atoms. The number of carbonyl (C=O) groups is 1. The fourth-order valence-corrected chi connectivity index (χ4v) is 4.35. The molecular weight excluding hydrogens is 403 g/mol. The summed E-state index contributed by atoms with van der Waals surface area (Å²) in [5.41, 5.74) is 1.04. The summed E-state index contributed by atoms with van der Waals surface area (Å²) in [5.74, 6) is 0.696. The molecule has 1 aromatic heterocycles. The minimum Gasteiger partial charge on any atom is -0.493 e. The summed E-state index contributed by atoms with van der Waals surface area (Å²) in [4.78, 5) is 21.1. The third-order valence-corrected chi connectivity index (χ3v) is 6.02. The van der Waals surface area contributed by atoms with Crippen molar-refractivity contribution in [2.24, 2.45) is 0 Å². The molecule has 2 saturated heterocycles. The lowest BCUT2D eigenvalue weighted by molar-refractivity contribution is 0.142. The van der Waals surface area contributed by atoms with Crippen molar-refractivity contribution in [2.45, 2.75) is 19.3 Å². The van der Waals surface area contributed by atoms with Crippen LogP contribution in [-0.4, -0.2) is 85.5 Å². The number of ether oxygens (including phenoxy) is 2. The first-order valence-corrected chi connectivity index (χ1v) is 10.8. The molecule has 9 heteroatoms. The van der Waals surface area contributed by atoms with Gasteiger partial charge in [-0.05, 0) is 38.4 Å². The van der Waals surface area contributed by atoms with Crippen LogP contribution in [0.25, 0.3) is 10.9 Å². The summed E-state index contributed by atoms with van der Waals surface area (Å²) in [7, 11) is 1.57. The molecule has 1 amide bonds. The van der Waals surface area contributed by atoms with Crippen LogP contribution in [0.5, 0.6) is 11.5 Å². The molecule has 0 radical (unpaired) electrons. The molecule has 8 nitrogen and oxygen atoms in total. The minimum atomic E-state index is -0.951. The number of piperazine rings is 1. The van der Waals surface area contributed by atoms with E-state index >= 15 is 0 Å². The number of fused-ring (bicyclic) bond motifs is 1. The molecule has 2 aliphatic heterocycles. The number of nitrogens with zero attached hydrogens (tertiary/aromatic N) is 4. The monoisotopic (exact) mass is 432 g/mol. The first kappa shape index (κ1) is 21.4. The van der Waals surface area contributed by atoms with Gasteiger partial charge in [0.2, 0.25) is 0 Å². The highest BCUT2D eigenvalue weighted by molar-refractivity contribution is 5.94. The smallest absolute Gasteiger partial charge is 0.407 e. The van der Waals surface area contributed by atoms with E-state index in [-0.39, 0.29) is 0 Å². The lowest BCUT2D eigenvalue weighted by Crippen LogP contribution is -2.48. The number of methoxy groups -OCH3 is 1. The van der Waals surface area contributed by atoms with Gasteiger partial charge in [-0.2, -0.15) is 0 Å². The number of likely N-dealkylation sites (tertiary alicyclic amines) is 1. The summed E-state index contributed by atoms with van der Waals surface area (Å²) < 4.78 is 26.3. The van der Waals surface area contributed by atoms with Crippen molar-refractivity contribution < 1.29 is 23.8 Å². The number of rotatable bonds is 7. The largest absolute Gasteiger partial charge is 0.493 e. The Morgan fingerprint density at radius 3 is 2.55 bits per heavy atom. The molecule has 2 aliphatic rings. The third kappa shape index (κ3) is 4.76. The molecule has 1 aromatic carbocycles. The van der Waals surface area contributed by atoms with Gasteiger partial charge in [0.25, 0.3) is 0 Å². The number of hydrogen-bond acceptors (Lipinski definition) is 6. The van der Waals surface area contributed by atoms with Crippen LogP contribution in [0.2, 0.25) is 0 Å². The van der Waals surface area contributed by atoms with E-state index < -0.39 is 11.9 Å². The standard InChI is InChI=1S/C22H29FN4O4/c1-30-19-13-16-18(14-20(19)31-12-4-7-25-5-2-3-6-25)24-15-17(23)21(16)26-8-10-27(11-9-26)22(28)29/h13-15H,2-12H2,1H3,(H,28,29). The third-order valence-electron chi connectivity index (χ3n) is 6.02. The molecule has 4 rings (SSSR count). The van der Waals surface area contributed by atoms with Gasteiger partial charge < -0.3 is 29.3 Å². The van der Waals surface area contributed by atoms with Gasteiger partial charge in [-0.15, -0.1) is 0 Å². The van der Waals surface area contributed by atoms with E-state index in [1.54, 1.807) is 19.2 Å². The molecule has 0 unspecified atom stereocenters. The molecule has 0 bridgehead atoms. The second kappa shape index (κ2) is 9.55. The minimum absolute atomic E-state index is 0.327. The van der Waals surface area contributed by atoms with Crippen LogP contribution in [0.3, 0.4) is 0 Å². The Morgan fingerprint density at radius 1 is 1.13 bits per heavy atom. The van der Waals surface area contributed by atoms with Crippen molar-refractivity contribution in [2.75, 3.05) is 64.4 Å². The van der Waals surface area contributed by atoms with Crippen LogP contribution in [0.15, 0.2) is 18.3 Å².